The Kier molecular flexibility index (Phi) is 10.7. The molecule has 6 fully saturated rings. The Bertz CT molecular complexity index is 1450. The molecular formula is C40H65N7O5. The summed E-state index contributed by atoms with van der Waals surface area (Å²) < 4.78 is 0. The first-order valence-corrected chi connectivity index (χ1v) is 20.2. The molecule has 52 heavy (non-hydrogen) atoms. The molecule has 2 saturated heterocycles. The van der Waals surface area contributed by atoms with Gasteiger partial charge in [0.25, 0.3) is 5.91 Å². The van der Waals surface area contributed by atoms with Crippen LogP contribution in [-0.4, -0.2) is 102 Å². The van der Waals surface area contributed by atoms with Crippen molar-refractivity contribution in [2.45, 2.75) is 155 Å². The number of nitrogens with one attached hydrogen (secondary N) is 3. The highest BCUT2D eigenvalue weighted by molar-refractivity contribution is 6.38. The number of nitrogens with zero attached hydrogens (tertiary/aromatic N) is 3. The summed E-state index contributed by atoms with van der Waals surface area (Å²) in [6, 6.07) is -3.37. The normalized spacial score (nSPS) is 29.1. The third-order valence-electron chi connectivity index (χ3n) is 14.3. The van der Waals surface area contributed by atoms with Gasteiger partial charge in [-0.2, -0.15) is 0 Å². The lowest BCUT2D eigenvalue weighted by Crippen LogP contribution is -2.60. The summed E-state index contributed by atoms with van der Waals surface area (Å²) in [6.07, 6.45) is 11.4. The van der Waals surface area contributed by atoms with E-state index in [9.17, 15) is 19.2 Å². The summed E-state index contributed by atoms with van der Waals surface area (Å²) in [4.78, 5) is 78.7. The first kappa shape index (κ1) is 38.7. The van der Waals surface area contributed by atoms with Crippen LogP contribution in [0.1, 0.15) is 125 Å². The standard InChI is InChI=1S/C40H65N7O5/c1-8-13-27(30(48)35(51)42-26-16-17-26)43-33(49)28-20-40(38(5,6)39(40)18-12-19-39)23-47(28)36(52)31(37(2,3)4)45-34(50)29(24-14-10-9-11-15-24)44-32(41)25-21-46(7)22-25/h24-29,31H,8-23H2,1-7H3,(H2,41,44)(H,42,51)(H,43,49)(H,45,50)/t27-,28-,29?,31+,40?/m0/s1. The molecule has 2 unspecified atom stereocenters. The van der Waals surface area contributed by atoms with Crippen molar-refractivity contribution in [3.05, 3.63) is 0 Å². The fourth-order valence-corrected chi connectivity index (χ4v) is 10.6. The number of amides is 4. The molecule has 4 amide bonds. The number of nitrogens with two attached hydrogens (primary N) is 1. The Morgan fingerprint density at radius 3 is 2.10 bits per heavy atom. The second-order valence-corrected chi connectivity index (χ2v) is 18.9. The Labute approximate surface area is 310 Å². The number of amidine groups is 1. The summed E-state index contributed by atoms with van der Waals surface area (Å²) in [7, 11) is 2.04. The number of aliphatic imine (C=N–C) groups is 1. The van der Waals surface area contributed by atoms with E-state index >= 15 is 4.79 Å². The maximum atomic E-state index is 15.0. The fourth-order valence-electron chi connectivity index (χ4n) is 10.6. The molecule has 6 aliphatic rings. The average Bonchev–Trinajstić information content (AvgIpc) is 3.88. The summed E-state index contributed by atoms with van der Waals surface area (Å²) in [5, 5.41) is 8.88. The molecule has 0 aromatic rings. The van der Waals surface area contributed by atoms with Gasteiger partial charge in [-0.25, -0.2) is 0 Å². The van der Waals surface area contributed by atoms with Crippen molar-refractivity contribution in [1.29, 1.82) is 0 Å². The van der Waals surface area contributed by atoms with E-state index < -0.39 is 47.2 Å². The van der Waals surface area contributed by atoms with Gasteiger partial charge in [0.05, 0.1) is 6.04 Å². The zero-order valence-corrected chi connectivity index (χ0v) is 32.8. The van der Waals surface area contributed by atoms with Crippen molar-refractivity contribution in [2.24, 2.45) is 44.2 Å². The monoisotopic (exact) mass is 724 g/mol. The van der Waals surface area contributed by atoms with Gasteiger partial charge in [0.1, 0.15) is 24.0 Å². The van der Waals surface area contributed by atoms with E-state index in [1.165, 1.54) is 0 Å². The Morgan fingerprint density at radius 2 is 1.58 bits per heavy atom. The third kappa shape index (κ3) is 6.90. The number of hydrogen-bond acceptors (Lipinski definition) is 7. The predicted octanol–water partition coefficient (Wildman–Crippen LogP) is 3.32. The molecule has 290 valence electrons. The molecule has 0 radical (unpaired) electrons. The van der Waals surface area contributed by atoms with Crippen LogP contribution >= 0.6 is 0 Å². The SMILES string of the molecule is CCC[C@H](NC(=O)[C@@H]1CC2(CN1C(=O)[C@@H](NC(=O)C(N=C(N)C1CN(C)C1)C1CCCCC1)C(C)(C)C)C(C)(C)C21CCC1)C(=O)C(=O)NC1CC1. The third-order valence-corrected chi connectivity index (χ3v) is 14.3. The second-order valence-electron chi connectivity index (χ2n) is 18.9. The van der Waals surface area contributed by atoms with E-state index in [0.717, 1.165) is 77.3 Å². The number of ketones is 1. The number of rotatable bonds is 13. The molecule has 12 nitrogen and oxygen atoms in total. The van der Waals surface area contributed by atoms with Gasteiger partial charge in [-0.3, -0.25) is 29.0 Å². The summed E-state index contributed by atoms with van der Waals surface area (Å²) in [5.74, 6) is -1.62. The van der Waals surface area contributed by atoms with Crippen LogP contribution in [-0.2, 0) is 24.0 Å². The number of Topliss-reactive ketones (excluding diaryl/α,β-unsaturated/α-hetero) is 1. The Morgan fingerprint density at radius 1 is 0.923 bits per heavy atom. The highest BCUT2D eigenvalue weighted by atomic mass is 16.2. The average molecular weight is 724 g/mol. The second kappa shape index (κ2) is 14.3. The maximum absolute atomic E-state index is 15.0. The van der Waals surface area contributed by atoms with Gasteiger partial charge in [-0.05, 0) is 80.6 Å². The molecule has 0 aromatic heterocycles. The zero-order valence-electron chi connectivity index (χ0n) is 32.8. The highest BCUT2D eigenvalue weighted by Gasteiger charge is 2.85. The number of fused-ring (bicyclic) bond motifs is 1. The zero-order chi connectivity index (χ0) is 37.8. The van der Waals surface area contributed by atoms with E-state index in [1.54, 1.807) is 4.90 Å². The van der Waals surface area contributed by atoms with Crippen molar-refractivity contribution in [2.75, 3.05) is 26.7 Å². The summed E-state index contributed by atoms with van der Waals surface area (Å²) in [5.41, 5.74) is 5.60. The van der Waals surface area contributed by atoms with Crippen LogP contribution in [0.4, 0.5) is 0 Å². The minimum Gasteiger partial charge on any atom is -0.387 e. The van der Waals surface area contributed by atoms with Crippen molar-refractivity contribution >= 4 is 35.2 Å². The summed E-state index contributed by atoms with van der Waals surface area (Å²) >= 11 is 0. The van der Waals surface area contributed by atoms with Gasteiger partial charge in [0.15, 0.2) is 0 Å². The molecule has 2 heterocycles. The minimum absolute atomic E-state index is 0.0253. The largest absolute Gasteiger partial charge is 0.387 e. The molecule has 5 N–H and O–H groups in total. The quantitative estimate of drug-likeness (QED) is 0.129. The van der Waals surface area contributed by atoms with E-state index in [0.29, 0.717) is 31.6 Å². The van der Waals surface area contributed by atoms with Crippen LogP contribution in [0.2, 0.25) is 0 Å². The molecule has 0 bridgehead atoms. The Hall–Kier alpha value is -3.02. The van der Waals surface area contributed by atoms with Gasteiger partial charge in [-0.15, -0.1) is 0 Å². The predicted molar refractivity (Wildman–Crippen MR) is 200 cm³/mol. The molecule has 12 heteroatoms. The van der Waals surface area contributed by atoms with Crippen LogP contribution < -0.4 is 21.7 Å². The van der Waals surface area contributed by atoms with Crippen LogP contribution in [0, 0.1) is 33.5 Å². The smallest absolute Gasteiger partial charge is 0.289 e. The topological polar surface area (TPSA) is 166 Å². The lowest BCUT2D eigenvalue weighted by atomic mass is 9.73. The minimum atomic E-state index is -0.970. The lowest BCUT2D eigenvalue weighted by molar-refractivity contribution is -0.145. The molecule has 2 spiro atoms. The van der Waals surface area contributed by atoms with Gasteiger partial charge in [-0.1, -0.05) is 73.6 Å². The fraction of sp³-hybridized carbons (Fsp3) is 0.850. The van der Waals surface area contributed by atoms with Crippen LogP contribution in [0.5, 0.6) is 0 Å². The molecular weight excluding hydrogens is 658 g/mol. The molecule has 0 aromatic carbocycles. The van der Waals surface area contributed by atoms with E-state index in [-0.39, 0.29) is 45.9 Å². The van der Waals surface area contributed by atoms with Gasteiger partial charge >= 0.3 is 0 Å². The van der Waals surface area contributed by atoms with E-state index in [1.807, 2.05) is 34.7 Å². The van der Waals surface area contributed by atoms with E-state index in [2.05, 4.69) is 34.7 Å². The van der Waals surface area contributed by atoms with Crippen LogP contribution in [0.3, 0.4) is 0 Å². The number of hydrogen-bond donors (Lipinski definition) is 4. The molecule has 5 atom stereocenters. The maximum Gasteiger partial charge on any atom is 0.289 e. The van der Waals surface area contributed by atoms with Crippen molar-refractivity contribution in [1.82, 2.24) is 25.8 Å². The number of carbonyl (C=O) groups is 5. The van der Waals surface area contributed by atoms with Crippen LogP contribution in [0.25, 0.3) is 0 Å². The first-order chi connectivity index (χ1) is 24.5. The van der Waals surface area contributed by atoms with Gasteiger partial charge < -0.3 is 31.5 Å². The van der Waals surface area contributed by atoms with Crippen molar-refractivity contribution < 1.29 is 24.0 Å². The molecule has 4 aliphatic carbocycles. The highest BCUT2D eigenvalue weighted by Crippen LogP contribution is 2.88. The van der Waals surface area contributed by atoms with Crippen molar-refractivity contribution in [3.8, 4) is 0 Å². The van der Waals surface area contributed by atoms with Crippen molar-refractivity contribution in [3.63, 3.8) is 0 Å². The summed E-state index contributed by atoms with van der Waals surface area (Å²) in [6.45, 7) is 14.3. The molecule has 4 saturated carbocycles. The van der Waals surface area contributed by atoms with Gasteiger partial charge in [0.2, 0.25) is 23.5 Å². The van der Waals surface area contributed by atoms with Gasteiger partial charge in [0, 0.05) is 37.0 Å². The number of likely N-dealkylation sites (tertiary alicyclic amines) is 2. The Balaban J connectivity index is 1.26. The number of carbonyl (C=O) groups excluding carboxylic acids is 5. The van der Waals surface area contributed by atoms with E-state index in [4.69, 9.17) is 10.7 Å². The first-order valence-electron chi connectivity index (χ1n) is 20.2. The lowest BCUT2D eigenvalue weighted by Gasteiger charge is -2.38. The van der Waals surface area contributed by atoms with Crippen LogP contribution in [0.15, 0.2) is 4.99 Å². The molecule has 6 rings (SSSR count). The molecule has 2 aliphatic heterocycles.